The molecule has 0 saturated heterocycles. The molecular weight excluding hydrogens is 291 g/mol. The average molecular weight is 305 g/mol. The Labute approximate surface area is 128 Å². The lowest BCUT2D eigenvalue weighted by atomic mass is 10.2. The van der Waals surface area contributed by atoms with Gasteiger partial charge in [0.15, 0.2) is 0 Å². The number of para-hydroxylation sites is 2. The molecule has 0 spiro atoms. The number of fused-ring (bicyclic) bond motifs is 1. The number of benzene rings is 2. The van der Waals surface area contributed by atoms with Crippen molar-refractivity contribution in [2.75, 3.05) is 5.88 Å². The Balaban J connectivity index is 2.33. The van der Waals surface area contributed by atoms with Crippen LogP contribution in [0.15, 0.2) is 42.5 Å². The van der Waals surface area contributed by atoms with Crippen LogP contribution >= 0.6 is 23.2 Å². The van der Waals surface area contributed by atoms with Crippen molar-refractivity contribution in [2.45, 2.75) is 13.3 Å². The van der Waals surface area contributed by atoms with E-state index in [1.165, 1.54) is 0 Å². The van der Waals surface area contributed by atoms with Crippen molar-refractivity contribution in [3.8, 4) is 5.69 Å². The quantitative estimate of drug-likeness (QED) is 0.637. The van der Waals surface area contributed by atoms with Crippen molar-refractivity contribution in [1.29, 1.82) is 0 Å². The molecule has 102 valence electrons. The van der Waals surface area contributed by atoms with Gasteiger partial charge in [0, 0.05) is 17.3 Å². The van der Waals surface area contributed by atoms with Gasteiger partial charge < -0.3 is 0 Å². The molecule has 0 bridgehead atoms. The molecule has 2 nitrogen and oxygen atoms in total. The van der Waals surface area contributed by atoms with E-state index in [-0.39, 0.29) is 0 Å². The van der Waals surface area contributed by atoms with Gasteiger partial charge in [0.25, 0.3) is 0 Å². The number of alkyl halides is 1. The van der Waals surface area contributed by atoms with E-state index in [1.807, 2.05) is 36.4 Å². The molecule has 0 aliphatic rings. The number of hydrogen-bond acceptors (Lipinski definition) is 1. The van der Waals surface area contributed by atoms with Crippen LogP contribution in [0.25, 0.3) is 16.7 Å². The van der Waals surface area contributed by atoms with Crippen molar-refractivity contribution >= 4 is 34.2 Å². The summed E-state index contributed by atoms with van der Waals surface area (Å²) < 4.78 is 2.15. The number of rotatable bonds is 3. The van der Waals surface area contributed by atoms with Gasteiger partial charge in [0.05, 0.1) is 16.7 Å². The van der Waals surface area contributed by atoms with E-state index in [4.69, 9.17) is 23.2 Å². The van der Waals surface area contributed by atoms with Crippen LogP contribution in [0.5, 0.6) is 0 Å². The molecule has 0 unspecified atom stereocenters. The van der Waals surface area contributed by atoms with Crippen molar-refractivity contribution in [3.05, 3.63) is 58.9 Å². The maximum atomic E-state index is 6.15. The molecule has 1 heterocycles. The van der Waals surface area contributed by atoms with E-state index in [0.717, 1.165) is 39.6 Å². The molecule has 4 heteroatoms. The van der Waals surface area contributed by atoms with E-state index in [0.29, 0.717) is 5.88 Å². The maximum absolute atomic E-state index is 6.15. The lowest BCUT2D eigenvalue weighted by Crippen LogP contribution is -2.04. The van der Waals surface area contributed by atoms with Crippen molar-refractivity contribution < 1.29 is 0 Å². The molecule has 0 radical (unpaired) electrons. The van der Waals surface area contributed by atoms with Crippen LogP contribution in [-0.2, 0) is 6.42 Å². The van der Waals surface area contributed by atoms with Crippen molar-refractivity contribution in [3.63, 3.8) is 0 Å². The molecule has 0 saturated carbocycles. The van der Waals surface area contributed by atoms with Crippen LogP contribution in [0.2, 0.25) is 5.02 Å². The van der Waals surface area contributed by atoms with E-state index < -0.39 is 0 Å². The van der Waals surface area contributed by atoms with Gasteiger partial charge in [0.1, 0.15) is 5.82 Å². The van der Waals surface area contributed by atoms with Gasteiger partial charge in [-0.15, -0.1) is 11.6 Å². The fraction of sp³-hybridized carbons (Fsp3) is 0.188. The zero-order chi connectivity index (χ0) is 14.1. The van der Waals surface area contributed by atoms with Gasteiger partial charge in [-0.3, -0.25) is 4.57 Å². The summed E-state index contributed by atoms with van der Waals surface area (Å²) >= 11 is 12.1. The Morgan fingerprint density at radius 1 is 1.15 bits per heavy atom. The van der Waals surface area contributed by atoms with Crippen LogP contribution in [-0.4, -0.2) is 15.4 Å². The molecular formula is C16H14Cl2N2. The first-order valence-electron chi connectivity index (χ1n) is 6.49. The number of imidazole rings is 1. The van der Waals surface area contributed by atoms with Gasteiger partial charge in [-0.2, -0.15) is 0 Å². The smallest absolute Gasteiger partial charge is 0.115 e. The normalized spacial score (nSPS) is 11.2. The average Bonchev–Trinajstić information content (AvgIpc) is 2.80. The fourth-order valence-electron chi connectivity index (χ4n) is 2.42. The first-order chi connectivity index (χ1) is 9.70. The standard InChI is InChI=1S/C16H14Cl2N2/c1-11-6-7-12(18)10-15(11)20-14-5-3-2-4-13(14)19-16(20)8-9-17/h2-7,10H,8-9H2,1H3. The third-order valence-electron chi connectivity index (χ3n) is 3.36. The molecule has 0 N–H and O–H groups in total. The summed E-state index contributed by atoms with van der Waals surface area (Å²) in [6.07, 6.45) is 0.724. The van der Waals surface area contributed by atoms with Crippen molar-refractivity contribution in [1.82, 2.24) is 9.55 Å². The van der Waals surface area contributed by atoms with E-state index in [9.17, 15) is 0 Å². The summed E-state index contributed by atoms with van der Waals surface area (Å²) in [4.78, 5) is 4.69. The monoisotopic (exact) mass is 304 g/mol. The number of nitrogens with zero attached hydrogens (tertiary/aromatic N) is 2. The molecule has 20 heavy (non-hydrogen) atoms. The van der Waals surface area contributed by atoms with E-state index in [2.05, 4.69) is 22.5 Å². The highest BCUT2D eigenvalue weighted by Crippen LogP contribution is 2.26. The molecule has 3 aromatic rings. The summed E-state index contributed by atoms with van der Waals surface area (Å²) in [5.41, 5.74) is 4.28. The number of aryl methyl sites for hydroxylation is 2. The fourth-order valence-corrected chi connectivity index (χ4v) is 2.76. The highest BCUT2D eigenvalue weighted by atomic mass is 35.5. The number of hydrogen-bond donors (Lipinski definition) is 0. The highest BCUT2D eigenvalue weighted by molar-refractivity contribution is 6.30. The number of aromatic nitrogens is 2. The van der Waals surface area contributed by atoms with E-state index in [1.54, 1.807) is 0 Å². The minimum atomic E-state index is 0.545. The van der Waals surface area contributed by atoms with Gasteiger partial charge in [-0.05, 0) is 36.8 Å². The third-order valence-corrected chi connectivity index (χ3v) is 3.78. The van der Waals surface area contributed by atoms with Crippen LogP contribution < -0.4 is 0 Å². The molecule has 2 aromatic carbocycles. The van der Waals surface area contributed by atoms with Gasteiger partial charge in [-0.25, -0.2) is 4.98 Å². The molecule has 0 fully saturated rings. The molecule has 0 aliphatic heterocycles. The largest absolute Gasteiger partial charge is 0.296 e. The summed E-state index contributed by atoms with van der Waals surface area (Å²) in [6.45, 7) is 2.07. The summed E-state index contributed by atoms with van der Waals surface area (Å²) in [7, 11) is 0. The van der Waals surface area contributed by atoms with Crippen LogP contribution in [0.1, 0.15) is 11.4 Å². The topological polar surface area (TPSA) is 17.8 Å². The molecule has 0 aliphatic carbocycles. The first-order valence-corrected chi connectivity index (χ1v) is 7.41. The van der Waals surface area contributed by atoms with Crippen molar-refractivity contribution in [2.24, 2.45) is 0 Å². The lowest BCUT2D eigenvalue weighted by molar-refractivity contribution is 0.907. The predicted molar refractivity (Wildman–Crippen MR) is 85.2 cm³/mol. The minimum Gasteiger partial charge on any atom is -0.296 e. The molecule has 0 atom stereocenters. The Hall–Kier alpha value is -1.51. The highest BCUT2D eigenvalue weighted by Gasteiger charge is 2.13. The van der Waals surface area contributed by atoms with Gasteiger partial charge >= 0.3 is 0 Å². The maximum Gasteiger partial charge on any atom is 0.115 e. The van der Waals surface area contributed by atoms with Crippen LogP contribution in [0.4, 0.5) is 0 Å². The summed E-state index contributed by atoms with van der Waals surface area (Å²) in [6, 6.07) is 14.0. The Morgan fingerprint density at radius 2 is 1.95 bits per heavy atom. The SMILES string of the molecule is Cc1ccc(Cl)cc1-n1c(CCCl)nc2ccccc21. The second kappa shape index (κ2) is 5.47. The lowest BCUT2D eigenvalue weighted by Gasteiger charge is -2.12. The second-order valence-corrected chi connectivity index (χ2v) is 5.54. The predicted octanol–water partition coefficient (Wildman–Crippen LogP) is 4.77. The van der Waals surface area contributed by atoms with E-state index >= 15 is 0 Å². The zero-order valence-electron chi connectivity index (χ0n) is 11.1. The third kappa shape index (κ3) is 2.30. The second-order valence-electron chi connectivity index (χ2n) is 4.72. The Morgan fingerprint density at radius 3 is 2.75 bits per heavy atom. The van der Waals surface area contributed by atoms with Crippen LogP contribution in [0.3, 0.4) is 0 Å². The Bertz CT molecular complexity index is 762. The summed E-state index contributed by atoms with van der Waals surface area (Å²) in [5.74, 6) is 1.51. The number of halogens is 2. The molecule has 1 aromatic heterocycles. The van der Waals surface area contributed by atoms with Crippen LogP contribution in [0, 0.1) is 6.92 Å². The van der Waals surface area contributed by atoms with Gasteiger partial charge in [-0.1, -0.05) is 29.8 Å². The zero-order valence-corrected chi connectivity index (χ0v) is 12.6. The molecule has 0 amide bonds. The molecule has 3 rings (SSSR count). The minimum absolute atomic E-state index is 0.545. The Kier molecular flexibility index (Phi) is 3.68. The van der Waals surface area contributed by atoms with Gasteiger partial charge in [0.2, 0.25) is 0 Å². The first kappa shape index (κ1) is 13.5. The summed E-state index contributed by atoms with van der Waals surface area (Å²) in [5, 5.41) is 0.722.